The number of ether oxygens (including phenoxy) is 2. The zero-order valence-corrected chi connectivity index (χ0v) is 20.1. The molecule has 1 unspecified atom stereocenters. The van der Waals surface area contributed by atoms with Gasteiger partial charge in [0.1, 0.15) is 24.2 Å². The van der Waals surface area contributed by atoms with Gasteiger partial charge in [0.25, 0.3) is 0 Å². The van der Waals surface area contributed by atoms with Crippen molar-refractivity contribution in [1.29, 1.82) is 0 Å². The van der Waals surface area contributed by atoms with E-state index in [1.54, 1.807) is 6.26 Å². The van der Waals surface area contributed by atoms with Crippen LogP contribution in [0.25, 0.3) is 11.3 Å². The van der Waals surface area contributed by atoms with Crippen molar-refractivity contribution in [1.82, 2.24) is 10.1 Å². The number of aliphatic hydroxyl groups excluding tert-OH is 1. The van der Waals surface area contributed by atoms with Crippen molar-refractivity contribution in [3.05, 3.63) is 60.1 Å². The lowest BCUT2D eigenvalue weighted by molar-refractivity contribution is -0.147. The fourth-order valence-electron chi connectivity index (χ4n) is 4.13. The average molecular weight is 484 g/mol. The van der Waals surface area contributed by atoms with E-state index in [2.05, 4.69) is 15.0 Å². The Kier molecular flexibility index (Phi) is 8.94. The Hall–Kier alpha value is -3.14. The molecule has 1 fully saturated rings. The molecule has 1 aliphatic rings. The minimum atomic E-state index is -0.849. The number of furan rings is 1. The number of aliphatic hydroxyl groups is 1. The molecule has 0 saturated carbocycles. The van der Waals surface area contributed by atoms with Gasteiger partial charge in [-0.2, -0.15) is 0 Å². The minimum absolute atomic E-state index is 0.0566. The molecule has 1 aromatic carbocycles. The van der Waals surface area contributed by atoms with Gasteiger partial charge in [0.2, 0.25) is 5.88 Å². The van der Waals surface area contributed by atoms with E-state index in [9.17, 15) is 9.90 Å². The Labute approximate surface area is 205 Å². The third-order valence-corrected chi connectivity index (χ3v) is 5.81. The molecule has 0 aliphatic carbocycles. The van der Waals surface area contributed by atoms with Gasteiger partial charge in [0, 0.05) is 38.2 Å². The molecular weight excluding hydrogens is 450 g/mol. The molecule has 3 aromatic rings. The lowest BCUT2D eigenvalue weighted by atomic mass is 10.1. The van der Waals surface area contributed by atoms with Crippen molar-refractivity contribution >= 4 is 11.9 Å². The first-order chi connectivity index (χ1) is 17.1. The Balaban J connectivity index is 1.58. The predicted octanol–water partition coefficient (Wildman–Crippen LogP) is 3.48. The van der Waals surface area contributed by atoms with Crippen molar-refractivity contribution in [2.24, 2.45) is 0 Å². The summed E-state index contributed by atoms with van der Waals surface area (Å²) in [6.45, 7) is 5.74. The van der Waals surface area contributed by atoms with Crippen LogP contribution in [0.4, 0.5) is 5.88 Å². The highest BCUT2D eigenvalue weighted by atomic mass is 16.5. The summed E-state index contributed by atoms with van der Waals surface area (Å²) in [5, 5.41) is 15.1. The van der Waals surface area contributed by atoms with Crippen LogP contribution < -0.4 is 4.90 Å². The molecule has 9 nitrogen and oxygen atoms in total. The van der Waals surface area contributed by atoms with Gasteiger partial charge < -0.3 is 28.4 Å². The lowest BCUT2D eigenvalue weighted by Crippen LogP contribution is -2.38. The maximum atomic E-state index is 11.8. The third kappa shape index (κ3) is 6.94. The molecular formula is C26H33N3O6. The fraction of sp³-hybridized carbons (Fsp3) is 0.462. The maximum absolute atomic E-state index is 11.8. The Morgan fingerprint density at radius 3 is 2.69 bits per heavy atom. The van der Waals surface area contributed by atoms with E-state index in [1.807, 2.05) is 49.4 Å². The molecule has 0 radical (unpaired) electrons. The monoisotopic (exact) mass is 483 g/mol. The third-order valence-electron chi connectivity index (χ3n) is 5.81. The van der Waals surface area contributed by atoms with E-state index < -0.39 is 6.10 Å². The van der Waals surface area contributed by atoms with E-state index >= 15 is 0 Å². The van der Waals surface area contributed by atoms with E-state index in [0.29, 0.717) is 58.1 Å². The first kappa shape index (κ1) is 25.0. The van der Waals surface area contributed by atoms with Crippen molar-refractivity contribution in [3.63, 3.8) is 0 Å². The van der Waals surface area contributed by atoms with Crippen LogP contribution in [0.3, 0.4) is 0 Å². The van der Waals surface area contributed by atoms with Crippen LogP contribution in [-0.4, -0.2) is 66.7 Å². The number of esters is 1. The summed E-state index contributed by atoms with van der Waals surface area (Å²) in [5.41, 5.74) is 2.65. The van der Waals surface area contributed by atoms with Crippen LogP contribution in [0.1, 0.15) is 31.1 Å². The number of benzene rings is 1. The predicted molar refractivity (Wildman–Crippen MR) is 130 cm³/mol. The number of hydrogen-bond donors (Lipinski definition) is 1. The van der Waals surface area contributed by atoms with Crippen molar-refractivity contribution in [2.75, 3.05) is 44.4 Å². The standard InChI is InChI=1S/C26H33N3O6/c1-2-7-24(31)34-19-21(30)16-28(17-22-10-6-13-33-22)18-23-25(20-8-4-3-5-9-20)27-35-26(23)29-11-14-32-15-12-29/h3-6,8-10,13,21,30H,2,7,11-12,14-19H2,1H3. The van der Waals surface area contributed by atoms with Crippen LogP contribution in [0.2, 0.25) is 0 Å². The van der Waals surface area contributed by atoms with Gasteiger partial charge in [-0.05, 0) is 18.6 Å². The summed E-state index contributed by atoms with van der Waals surface area (Å²) in [5.74, 6) is 1.18. The minimum Gasteiger partial charge on any atom is -0.468 e. The number of carbonyl (C=O) groups is 1. The van der Waals surface area contributed by atoms with Gasteiger partial charge in [0.15, 0.2) is 0 Å². The van der Waals surface area contributed by atoms with Gasteiger partial charge in [-0.25, -0.2) is 0 Å². The number of morpholine rings is 1. The summed E-state index contributed by atoms with van der Waals surface area (Å²) >= 11 is 0. The van der Waals surface area contributed by atoms with Gasteiger partial charge in [-0.15, -0.1) is 0 Å². The first-order valence-electron chi connectivity index (χ1n) is 12.1. The lowest BCUT2D eigenvalue weighted by Gasteiger charge is -2.29. The Morgan fingerprint density at radius 1 is 1.17 bits per heavy atom. The van der Waals surface area contributed by atoms with E-state index in [4.69, 9.17) is 18.4 Å². The van der Waals surface area contributed by atoms with Crippen LogP contribution in [0, 0.1) is 0 Å². The van der Waals surface area contributed by atoms with Gasteiger partial charge in [-0.3, -0.25) is 9.69 Å². The van der Waals surface area contributed by atoms with Crippen LogP contribution in [0.5, 0.6) is 0 Å². The topological polar surface area (TPSA) is 101 Å². The van der Waals surface area contributed by atoms with E-state index in [-0.39, 0.29) is 19.1 Å². The fourth-order valence-corrected chi connectivity index (χ4v) is 4.13. The molecule has 35 heavy (non-hydrogen) atoms. The quantitative estimate of drug-likeness (QED) is 0.388. The second-order valence-corrected chi connectivity index (χ2v) is 8.62. The number of nitrogens with zero attached hydrogens (tertiary/aromatic N) is 3. The summed E-state index contributed by atoms with van der Waals surface area (Å²) in [7, 11) is 0. The molecule has 0 bridgehead atoms. The van der Waals surface area contributed by atoms with Crippen molar-refractivity contribution in [2.45, 2.75) is 39.0 Å². The SMILES string of the molecule is CCCC(=O)OCC(O)CN(Cc1ccco1)Cc1c(-c2ccccc2)noc1N1CCOCC1. The molecule has 1 aliphatic heterocycles. The number of aromatic nitrogens is 1. The van der Waals surface area contributed by atoms with Gasteiger partial charge >= 0.3 is 5.97 Å². The van der Waals surface area contributed by atoms with Crippen LogP contribution in [-0.2, 0) is 27.4 Å². The number of carbonyl (C=O) groups excluding carboxylic acids is 1. The zero-order valence-electron chi connectivity index (χ0n) is 20.1. The first-order valence-corrected chi connectivity index (χ1v) is 12.1. The average Bonchev–Trinajstić information content (AvgIpc) is 3.54. The summed E-state index contributed by atoms with van der Waals surface area (Å²) in [6.07, 6.45) is 1.83. The van der Waals surface area contributed by atoms with Gasteiger partial charge in [-0.1, -0.05) is 42.4 Å². The van der Waals surface area contributed by atoms with Gasteiger partial charge in [0.05, 0.1) is 31.6 Å². The highest BCUT2D eigenvalue weighted by Crippen LogP contribution is 2.33. The normalized spacial score (nSPS) is 14.9. The molecule has 4 rings (SSSR count). The second-order valence-electron chi connectivity index (χ2n) is 8.62. The van der Waals surface area contributed by atoms with Crippen molar-refractivity contribution < 1.29 is 28.3 Å². The molecule has 188 valence electrons. The zero-order chi connectivity index (χ0) is 24.5. The second kappa shape index (κ2) is 12.5. The number of hydrogen-bond acceptors (Lipinski definition) is 9. The Bertz CT molecular complexity index is 1030. The van der Waals surface area contributed by atoms with Crippen LogP contribution in [0.15, 0.2) is 57.7 Å². The number of anilines is 1. The summed E-state index contributed by atoms with van der Waals surface area (Å²) < 4.78 is 22.2. The molecule has 3 heterocycles. The largest absolute Gasteiger partial charge is 0.468 e. The summed E-state index contributed by atoms with van der Waals surface area (Å²) in [6, 6.07) is 13.6. The molecule has 2 aromatic heterocycles. The molecule has 0 spiro atoms. The van der Waals surface area contributed by atoms with E-state index in [1.165, 1.54) is 0 Å². The van der Waals surface area contributed by atoms with Crippen molar-refractivity contribution in [3.8, 4) is 11.3 Å². The van der Waals surface area contributed by atoms with Crippen LogP contribution >= 0.6 is 0 Å². The molecule has 9 heteroatoms. The van der Waals surface area contributed by atoms with E-state index in [0.717, 1.165) is 22.6 Å². The number of rotatable bonds is 12. The highest BCUT2D eigenvalue weighted by molar-refractivity contribution is 5.69. The highest BCUT2D eigenvalue weighted by Gasteiger charge is 2.27. The molecule has 1 N–H and O–H groups in total. The Morgan fingerprint density at radius 2 is 1.97 bits per heavy atom. The summed E-state index contributed by atoms with van der Waals surface area (Å²) in [4.78, 5) is 16.0. The molecule has 0 amide bonds. The molecule has 1 atom stereocenters. The maximum Gasteiger partial charge on any atom is 0.305 e. The smallest absolute Gasteiger partial charge is 0.305 e. The molecule has 1 saturated heterocycles.